The van der Waals surface area contributed by atoms with Gasteiger partial charge in [-0.3, -0.25) is 9.59 Å². The number of carbonyl (C=O) groups excluding carboxylic acids is 1. The van der Waals surface area contributed by atoms with Gasteiger partial charge >= 0.3 is 5.97 Å². The minimum absolute atomic E-state index is 0.0761. The van der Waals surface area contributed by atoms with Crippen molar-refractivity contribution >= 4 is 11.9 Å². The van der Waals surface area contributed by atoms with Crippen LogP contribution in [-0.2, 0) is 16.0 Å². The van der Waals surface area contributed by atoms with E-state index in [1.165, 1.54) is 0 Å². The molecule has 1 rings (SSSR count). The number of carboxylic acid groups (broad SMARTS) is 1. The molecule has 1 aromatic rings. The van der Waals surface area contributed by atoms with Crippen molar-refractivity contribution < 1.29 is 19.2 Å². The highest BCUT2D eigenvalue weighted by molar-refractivity contribution is 5.79. The van der Waals surface area contributed by atoms with Crippen molar-refractivity contribution in [2.45, 2.75) is 26.7 Å². The van der Waals surface area contributed by atoms with Crippen LogP contribution in [0.15, 0.2) is 4.52 Å². The van der Waals surface area contributed by atoms with Crippen molar-refractivity contribution in [2.75, 3.05) is 6.54 Å². The molecule has 88 valence electrons. The van der Waals surface area contributed by atoms with E-state index in [1.54, 1.807) is 13.8 Å². The Morgan fingerprint density at radius 2 is 2.12 bits per heavy atom. The normalized spacial score (nSPS) is 10.1. The lowest BCUT2D eigenvalue weighted by Gasteiger charge is -2.02. The summed E-state index contributed by atoms with van der Waals surface area (Å²) in [6.45, 7) is 3.63. The van der Waals surface area contributed by atoms with Crippen LogP contribution in [0.4, 0.5) is 0 Å². The fraction of sp³-hybridized carbons (Fsp3) is 0.500. The SMILES string of the molecule is Cc1noc(C)c1CC(=O)NCCC(=O)O. The largest absolute Gasteiger partial charge is 0.481 e. The molecule has 0 aliphatic heterocycles. The topological polar surface area (TPSA) is 92.4 Å². The van der Waals surface area contributed by atoms with E-state index in [1.807, 2.05) is 0 Å². The van der Waals surface area contributed by atoms with E-state index < -0.39 is 5.97 Å². The second kappa shape index (κ2) is 5.29. The predicted molar refractivity (Wildman–Crippen MR) is 54.9 cm³/mol. The maximum Gasteiger partial charge on any atom is 0.305 e. The number of aryl methyl sites for hydroxylation is 2. The number of rotatable bonds is 5. The minimum atomic E-state index is -0.933. The summed E-state index contributed by atoms with van der Waals surface area (Å²) in [7, 11) is 0. The molecule has 6 nitrogen and oxygen atoms in total. The van der Waals surface area contributed by atoms with Gasteiger partial charge in [0.15, 0.2) is 0 Å². The Labute approximate surface area is 92.6 Å². The van der Waals surface area contributed by atoms with Crippen LogP contribution >= 0.6 is 0 Å². The minimum Gasteiger partial charge on any atom is -0.481 e. The quantitative estimate of drug-likeness (QED) is 0.759. The molecule has 1 aromatic heterocycles. The summed E-state index contributed by atoms with van der Waals surface area (Å²) >= 11 is 0. The Morgan fingerprint density at radius 3 is 2.62 bits per heavy atom. The van der Waals surface area contributed by atoms with Crippen LogP contribution in [0.5, 0.6) is 0 Å². The summed E-state index contributed by atoms with van der Waals surface area (Å²) in [6, 6.07) is 0. The molecule has 0 fully saturated rings. The Bertz CT molecular complexity index is 378. The molecule has 0 saturated heterocycles. The number of amides is 1. The molecule has 1 heterocycles. The van der Waals surface area contributed by atoms with E-state index in [9.17, 15) is 9.59 Å². The number of nitrogens with zero attached hydrogens (tertiary/aromatic N) is 1. The third-order valence-corrected chi connectivity index (χ3v) is 2.18. The lowest BCUT2D eigenvalue weighted by molar-refractivity contribution is -0.136. The van der Waals surface area contributed by atoms with Crippen LogP contribution < -0.4 is 5.32 Å². The van der Waals surface area contributed by atoms with Gasteiger partial charge < -0.3 is 14.9 Å². The Morgan fingerprint density at radius 1 is 1.44 bits per heavy atom. The van der Waals surface area contributed by atoms with Crippen LogP contribution in [0.1, 0.15) is 23.4 Å². The fourth-order valence-corrected chi connectivity index (χ4v) is 1.29. The van der Waals surface area contributed by atoms with Gasteiger partial charge in [-0.15, -0.1) is 0 Å². The first-order valence-corrected chi connectivity index (χ1v) is 4.91. The average molecular weight is 226 g/mol. The zero-order chi connectivity index (χ0) is 12.1. The Hall–Kier alpha value is -1.85. The smallest absolute Gasteiger partial charge is 0.305 e. The van der Waals surface area contributed by atoms with Crippen molar-refractivity contribution in [1.82, 2.24) is 10.5 Å². The van der Waals surface area contributed by atoms with E-state index in [4.69, 9.17) is 9.63 Å². The zero-order valence-corrected chi connectivity index (χ0v) is 9.24. The Balaban J connectivity index is 2.43. The third-order valence-electron chi connectivity index (χ3n) is 2.18. The number of aromatic nitrogens is 1. The van der Waals surface area contributed by atoms with Crippen molar-refractivity contribution in [3.8, 4) is 0 Å². The molecule has 0 aliphatic rings. The standard InChI is InChI=1S/C10H14N2O4/c1-6-8(7(2)16-12-6)5-9(13)11-4-3-10(14)15/h3-5H2,1-2H3,(H,11,13)(H,14,15). The van der Waals surface area contributed by atoms with Gasteiger partial charge in [-0.25, -0.2) is 0 Å². The molecule has 0 saturated carbocycles. The van der Waals surface area contributed by atoms with E-state index >= 15 is 0 Å². The van der Waals surface area contributed by atoms with Crippen molar-refractivity contribution in [3.05, 3.63) is 17.0 Å². The molecule has 0 spiro atoms. The van der Waals surface area contributed by atoms with Crippen molar-refractivity contribution in [1.29, 1.82) is 0 Å². The molecule has 0 aromatic carbocycles. The molecule has 0 aliphatic carbocycles. The lowest BCUT2D eigenvalue weighted by Crippen LogP contribution is -2.27. The summed E-state index contributed by atoms with van der Waals surface area (Å²) in [6.07, 6.45) is 0.0914. The molecule has 0 atom stereocenters. The summed E-state index contributed by atoms with van der Waals surface area (Å²) in [5.74, 6) is -0.542. The van der Waals surface area contributed by atoms with Crippen LogP contribution in [0, 0.1) is 13.8 Å². The zero-order valence-electron chi connectivity index (χ0n) is 9.24. The average Bonchev–Trinajstić information content (AvgIpc) is 2.49. The first-order valence-electron chi connectivity index (χ1n) is 4.91. The summed E-state index contributed by atoms with van der Waals surface area (Å²) in [5, 5.41) is 14.6. The number of carboxylic acids is 1. The van der Waals surface area contributed by atoms with Gasteiger partial charge in [0.25, 0.3) is 0 Å². The maximum absolute atomic E-state index is 11.4. The summed E-state index contributed by atoms with van der Waals surface area (Å²) in [4.78, 5) is 21.7. The predicted octanol–water partition coefficient (Wildman–Crippen LogP) is 0.425. The second-order valence-electron chi connectivity index (χ2n) is 3.47. The van der Waals surface area contributed by atoms with Gasteiger partial charge in [0.2, 0.25) is 5.91 Å². The molecule has 0 bridgehead atoms. The molecule has 0 radical (unpaired) electrons. The summed E-state index contributed by atoms with van der Waals surface area (Å²) in [5.41, 5.74) is 1.44. The fourth-order valence-electron chi connectivity index (χ4n) is 1.29. The number of aliphatic carboxylic acids is 1. The van der Waals surface area contributed by atoms with Gasteiger partial charge in [0, 0.05) is 12.1 Å². The Kier molecular flexibility index (Phi) is 4.04. The third kappa shape index (κ3) is 3.38. The van der Waals surface area contributed by atoms with Crippen LogP contribution in [0.2, 0.25) is 0 Å². The number of hydrogen-bond donors (Lipinski definition) is 2. The van der Waals surface area contributed by atoms with Crippen LogP contribution in [0.3, 0.4) is 0 Å². The van der Waals surface area contributed by atoms with Crippen LogP contribution in [0.25, 0.3) is 0 Å². The first-order chi connectivity index (χ1) is 7.50. The molecular weight excluding hydrogens is 212 g/mol. The highest BCUT2D eigenvalue weighted by Gasteiger charge is 2.13. The van der Waals surface area contributed by atoms with Gasteiger partial charge in [0.1, 0.15) is 5.76 Å². The monoisotopic (exact) mass is 226 g/mol. The van der Waals surface area contributed by atoms with E-state index in [0.717, 1.165) is 5.56 Å². The van der Waals surface area contributed by atoms with E-state index in [-0.39, 0.29) is 25.3 Å². The molecule has 0 unspecified atom stereocenters. The van der Waals surface area contributed by atoms with Crippen molar-refractivity contribution in [3.63, 3.8) is 0 Å². The number of carbonyl (C=O) groups is 2. The molecule has 2 N–H and O–H groups in total. The summed E-state index contributed by atoms with van der Waals surface area (Å²) < 4.78 is 4.91. The first kappa shape index (κ1) is 12.2. The van der Waals surface area contributed by atoms with E-state index in [0.29, 0.717) is 11.5 Å². The van der Waals surface area contributed by atoms with Gasteiger partial charge in [-0.2, -0.15) is 0 Å². The van der Waals surface area contributed by atoms with Gasteiger partial charge in [-0.1, -0.05) is 5.16 Å². The highest BCUT2D eigenvalue weighted by Crippen LogP contribution is 2.12. The lowest BCUT2D eigenvalue weighted by atomic mass is 10.1. The maximum atomic E-state index is 11.4. The van der Waals surface area contributed by atoms with Gasteiger partial charge in [0.05, 0.1) is 18.5 Å². The van der Waals surface area contributed by atoms with Crippen molar-refractivity contribution in [2.24, 2.45) is 0 Å². The molecule has 6 heteroatoms. The van der Waals surface area contributed by atoms with Gasteiger partial charge in [-0.05, 0) is 13.8 Å². The highest BCUT2D eigenvalue weighted by atomic mass is 16.5. The van der Waals surface area contributed by atoms with Crippen LogP contribution in [-0.4, -0.2) is 28.7 Å². The molecular formula is C10H14N2O4. The number of nitrogens with one attached hydrogen (secondary N) is 1. The second-order valence-corrected chi connectivity index (χ2v) is 3.47. The number of hydrogen-bond acceptors (Lipinski definition) is 4. The van der Waals surface area contributed by atoms with E-state index in [2.05, 4.69) is 10.5 Å². The molecule has 16 heavy (non-hydrogen) atoms. The molecule has 1 amide bonds.